The van der Waals surface area contributed by atoms with Crippen LogP contribution in [0.25, 0.3) is 0 Å². The van der Waals surface area contributed by atoms with Crippen molar-refractivity contribution in [2.45, 2.75) is 32.6 Å². The first kappa shape index (κ1) is 25.1. The van der Waals surface area contributed by atoms with E-state index in [-0.39, 0.29) is 44.9 Å². The number of carbonyl (C=O) groups excluding carboxylic acids is 3. The molecule has 0 aromatic rings. The maximum absolute atomic E-state index is 11.8. The molecule has 0 aliphatic rings. The zero-order chi connectivity index (χ0) is 17.7. The van der Waals surface area contributed by atoms with Gasteiger partial charge in [0.1, 0.15) is 6.54 Å². The van der Waals surface area contributed by atoms with E-state index in [4.69, 9.17) is 5.11 Å². The molecule has 0 aromatic carbocycles. The van der Waals surface area contributed by atoms with Crippen LogP contribution in [-0.4, -0.2) is 65.6 Å². The molecule has 24 heavy (non-hydrogen) atoms. The van der Waals surface area contributed by atoms with Crippen LogP contribution in [0.5, 0.6) is 0 Å². The van der Waals surface area contributed by atoms with E-state index >= 15 is 0 Å². The molecule has 0 saturated heterocycles. The zero-order valence-electron chi connectivity index (χ0n) is 13.7. The van der Waals surface area contributed by atoms with Crippen molar-refractivity contribution < 1.29 is 44.4 Å². The Morgan fingerprint density at radius 1 is 1.00 bits per heavy atom. The predicted octanol–water partition coefficient (Wildman–Crippen LogP) is -0.360. The predicted molar refractivity (Wildman–Crippen MR) is 88.2 cm³/mol. The van der Waals surface area contributed by atoms with Crippen molar-refractivity contribution in [3.05, 3.63) is 0 Å². The molecular formula is C14H25N3O5STc. The summed E-state index contributed by atoms with van der Waals surface area (Å²) in [5.41, 5.74) is 0. The van der Waals surface area contributed by atoms with Crippen LogP contribution in [0.3, 0.4) is 0 Å². The second-order valence-electron chi connectivity index (χ2n) is 4.98. The number of aliphatic carboxylic acids is 1. The maximum atomic E-state index is 11.8. The van der Waals surface area contributed by atoms with E-state index < -0.39 is 24.3 Å². The van der Waals surface area contributed by atoms with Crippen molar-refractivity contribution in [2.75, 3.05) is 31.9 Å². The maximum Gasteiger partial charge on any atom is 0.322 e. The van der Waals surface area contributed by atoms with Crippen LogP contribution in [0.15, 0.2) is 0 Å². The molecule has 0 heterocycles. The summed E-state index contributed by atoms with van der Waals surface area (Å²) in [4.78, 5) is 46.5. The number of hydrogen-bond acceptors (Lipinski definition) is 5. The van der Waals surface area contributed by atoms with Gasteiger partial charge in [-0.25, -0.2) is 0 Å². The second-order valence-corrected chi connectivity index (χ2v) is 5.30. The summed E-state index contributed by atoms with van der Waals surface area (Å²) in [6.45, 7) is 1.58. The summed E-state index contributed by atoms with van der Waals surface area (Å²) in [5.74, 6) is -2.46. The van der Waals surface area contributed by atoms with Crippen molar-refractivity contribution in [2.24, 2.45) is 0 Å². The minimum absolute atomic E-state index is 0. The molecule has 3 N–H and O–H groups in total. The monoisotopic (exact) mass is 448 g/mol. The molecule has 0 atom stereocenters. The van der Waals surface area contributed by atoms with Crippen molar-refractivity contribution in [3.63, 3.8) is 0 Å². The van der Waals surface area contributed by atoms with Gasteiger partial charge in [-0.15, -0.1) is 0 Å². The number of nitrogens with one attached hydrogen (secondary N) is 2. The number of nitrogens with zero attached hydrogens (tertiary/aromatic N) is 1. The molecule has 8 nitrogen and oxygen atoms in total. The second kappa shape index (κ2) is 15.4. The molecule has 3 amide bonds. The summed E-state index contributed by atoms with van der Waals surface area (Å²) in [5, 5.41) is 12.9. The van der Waals surface area contributed by atoms with Crippen LogP contribution in [0.4, 0.5) is 0 Å². The van der Waals surface area contributed by atoms with E-state index in [1.165, 1.54) is 4.90 Å². The van der Waals surface area contributed by atoms with Crippen LogP contribution in [-0.2, 0) is 39.3 Å². The number of carbonyl (C=O) groups is 4. The van der Waals surface area contributed by atoms with Gasteiger partial charge < -0.3 is 20.6 Å². The van der Waals surface area contributed by atoms with E-state index in [0.29, 0.717) is 6.54 Å². The molecule has 1 radical (unpaired) electrons. The summed E-state index contributed by atoms with van der Waals surface area (Å²) in [6, 6.07) is 0. The van der Waals surface area contributed by atoms with E-state index in [1.807, 2.05) is 0 Å². The first-order chi connectivity index (χ1) is 10.9. The molecule has 0 rings (SSSR count). The smallest absolute Gasteiger partial charge is 0.322 e. The first-order valence-corrected chi connectivity index (χ1v) is 8.17. The number of unbranched alkanes of at least 4 members (excludes halogenated alkanes) is 3. The van der Waals surface area contributed by atoms with Gasteiger partial charge in [-0.05, 0) is 6.42 Å². The van der Waals surface area contributed by atoms with E-state index in [9.17, 15) is 19.2 Å². The third-order valence-corrected chi connectivity index (χ3v) is 3.26. The molecule has 0 aromatic heterocycles. The zero-order valence-corrected chi connectivity index (χ0v) is 16.5. The molecule has 0 fully saturated rings. The number of rotatable bonds is 12. The third-order valence-electron chi connectivity index (χ3n) is 2.99. The molecule has 0 aliphatic heterocycles. The first-order valence-electron chi connectivity index (χ1n) is 7.54. The Hall–Kier alpha value is -1.12. The van der Waals surface area contributed by atoms with E-state index in [0.717, 1.165) is 25.7 Å². The largest absolute Gasteiger partial charge is 0.480 e. The average molecular weight is 448 g/mol. The summed E-state index contributed by atoms with van der Waals surface area (Å²) >= 11 is 3.93. The fraction of sp³-hybridized carbons (Fsp3) is 0.714. The van der Waals surface area contributed by atoms with Gasteiger partial charge in [-0.3, -0.25) is 19.2 Å². The molecule has 0 unspecified atom stereocenters. The van der Waals surface area contributed by atoms with Crippen molar-refractivity contribution >= 4 is 36.3 Å². The Morgan fingerprint density at radius 3 is 2.17 bits per heavy atom. The van der Waals surface area contributed by atoms with E-state index in [2.05, 4.69) is 30.2 Å². The minimum atomic E-state index is -1.16. The third kappa shape index (κ3) is 13.3. The Balaban J connectivity index is 0. The Labute approximate surface area is 160 Å². The Bertz CT molecular complexity index is 423. The summed E-state index contributed by atoms with van der Waals surface area (Å²) in [6.07, 6.45) is 3.93. The topological polar surface area (TPSA) is 116 Å². The van der Waals surface area contributed by atoms with Gasteiger partial charge in [0.25, 0.3) is 0 Å². The minimum Gasteiger partial charge on any atom is -0.480 e. The Kier molecular flexibility index (Phi) is 16.1. The van der Waals surface area contributed by atoms with Crippen LogP contribution in [0.2, 0.25) is 0 Å². The van der Waals surface area contributed by atoms with Gasteiger partial charge in [-0.2, -0.15) is 12.6 Å². The molecule has 0 spiro atoms. The Morgan fingerprint density at radius 2 is 1.62 bits per heavy atom. The fourth-order valence-corrected chi connectivity index (χ4v) is 1.97. The number of carboxylic acid groups (broad SMARTS) is 1. The van der Waals surface area contributed by atoms with Gasteiger partial charge in [0, 0.05) is 26.7 Å². The van der Waals surface area contributed by atoms with Crippen LogP contribution < -0.4 is 10.6 Å². The van der Waals surface area contributed by atoms with Gasteiger partial charge in [0.2, 0.25) is 17.7 Å². The average Bonchev–Trinajstić information content (AvgIpc) is 2.52. The van der Waals surface area contributed by atoms with Crippen molar-refractivity contribution in [1.82, 2.24) is 15.5 Å². The van der Waals surface area contributed by atoms with Crippen molar-refractivity contribution in [1.29, 1.82) is 0 Å². The normalized spacial score (nSPS) is 9.58. The summed E-state index contributed by atoms with van der Waals surface area (Å²) in [7, 11) is 0. The molecule has 0 saturated carbocycles. The van der Waals surface area contributed by atoms with Gasteiger partial charge in [-0.1, -0.05) is 26.2 Å². The number of carboxylic acids is 1. The van der Waals surface area contributed by atoms with Gasteiger partial charge in [0.15, 0.2) is 0 Å². The summed E-state index contributed by atoms with van der Waals surface area (Å²) < 4.78 is 0. The molecule has 139 valence electrons. The number of amides is 3. The number of thiol groups is 1. The van der Waals surface area contributed by atoms with Gasteiger partial charge >= 0.3 is 5.97 Å². The molecule has 0 bridgehead atoms. The molecule has 10 heteroatoms. The van der Waals surface area contributed by atoms with Gasteiger partial charge in [0.05, 0.1) is 18.8 Å². The van der Waals surface area contributed by atoms with Crippen molar-refractivity contribution in [3.8, 4) is 0 Å². The molecular weight excluding hydrogens is 423 g/mol. The number of hydrogen-bond donors (Lipinski definition) is 4. The SMILES string of the molecule is CCCCCCN(CC(=O)NCC(=O)NCC(=O)O)C(=O)CS.[101Tc]. The van der Waals surface area contributed by atoms with E-state index in [1.54, 1.807) is 0 Å². The van der Waals surface area contributed by atoms with Crippen LogP contribution in [0, 0.1) is 0 Å². The quantitative estimate of drug-likeness (QED) is 0.241. The van der Waals surface area contributed by atoms with Crippen LogP contribution >= 0.6 is 12.6 Å². The van der Waals surface area contributed by atoms with Crippen LogP contribution in [0.1, 0.15) is 32.6 Å². The standard InChI is InChI=1S/C14H25N3O5S.Tc/c1-2-3-4-5-6-17(13(20)10-23)9-12(19)15-7-11(18)16-8-14(21)22;/h23H,2-10H2,1H3,(H,15,19)(H,16,18)(H,21,22);/i;1+3. The molecule has 0 aliphatic carbocycles. The fourth-order valence-electron chi connectivity index (χ4n) is 1.77.